The minimum atomic E-state index is 0.655. The van der Waals surface area contributed by atoms with E-state index in [1.54, 1.807) is 11.8 Å². The van der Waals surface area contributed by atoms with Gasteiger partial charge in [0.1, 0.15) is 5.75 Å². The zero-order valence-electron chi connectivity index (χ0n) is 16.0. The monoisotopic (exact) mass is 414 g/mol. The van der Waals surface area contributed by atoms with Gasteiger partial charge in [-0.05, 0) is 60.9 Å². The van der Waals surface area contributed by atoms with Crippen molar-refractivity contribution in [3.05, 3.63) is 70.5 Å². The summed E-state index contributed by atoms with van der Waals surface area (Å²) in [4.78, 5) is 0. The van der Waals surface area contributed by atoms with Crippen molar-refractivity contribution in [1.29, 1.82) is 0 Å². The minimum Gasteiger partial charge on any atom is -0.494 e. The molecular weight excluding hydrogens is 392 g/mol. The van der Waals surface area contributed by atoms with E-state index in [1.807, 2.05) is 66.3 Å². The Morgan fingerprint density at radius 3 is 2.50 bits per heavy atom. The molecule has 0 atom stereocenters. The molecule has 0 aliphatic carbocycles. The van der Waals surface area contributed by atoms with Crippen molar-refractivity contribution in [2.75, 3.05) is 6.61 Å². The molecular formula is C21H23ClN4OS. The van der Waals surface area contributed by atoms with Crippen LogP contribution < -0.4 is 4.74 Å². The summed E-state index contributed by atoms with van der Waals surface area (Å²) >= 11 is 7.57. The maximum Gasteiger partial charge on any atom is 0.212 e. The lowest BCUT2D eigenvalue weighted by molar-refractivity contribution is 0.340. The third-order valence-electron chi connectivity index (χ3n) is 3.94. The Kier molecular flexibility index (Phi) is 7.51. The highest BCUT2D eigenvalue weighted by Gasteiger charge is 2.11. The van der Waals surface area contributed by atoms with Crippen LogP contribution in [0, 0.1) is 0 Å². The Hall–Kier alpha value is -2.31. The van der Waals surface area contributed by atoms with Crippen LogP contribution in [0.4, 0.5) is 0 Å². The number of halogens is 1. The molecule has 7 heteroatoms. The highest BCUT2D eigenvalue weighted by molar-refractivity contribution is 7.98. The van der Waals surface area contributed by atoms with E-state index in [9.17, 15) is 0 Å². The van der Waals surface area contributed by atoms with E-state index in [2.05, 4.69) is 22.2 Å². The number of aryl methyl sites for hydroxylation is 1. The van der Waals surface area contributed by atoms with E-state index in [4.69, 9.17) is 16.3 Å². The smallest absolute Gasteiger partial charge is 0.212 e. The lowest BCUT2D eigenvalue weighted by Crippen LogP contribution is -2.00. The number of hydrogen-bond donors (Lipinski definition) is 0. The molecule has 0 saturated carbocycles. The van der Waals surface area contributed by atoms with Gasteiger partial charge >= 0.3 is 0 Å². The van der Waals surface area contributed by atoms with Gasteiger partial charge in [-0.3, -0.25) is 0 Å². The first-order valence-electron chi connectivity index (χ1n) is 9.28. The van der Waals surface area contributed by atoms with Crippen LogP contribution >= 0.6 is 23.4 Å². The fourth-order valence-electron chi connectivity index (χ4n) is 2.55. The average molecular weight is 415 g/mol. The van der Waals surface area contributed by atoms with Gasteiger partial charge in [0.2, 0.25) is 5.16 Å². The van der Waals surface area contributed by atoms with Crippen molar-refractivity contribution >= 4 is 29.6 Å². The van der Waals surface area contributed by atoms with Crippen LogP contribution in [0.3, 0.4) is 0 Å². The number of thioether (sulfide) groups is 1. The van der Waals surface area contributed by atoms with E-state index < -0.39 is 0 Å². The predicted octanol–water partition coefficient (Wildman–Crippen LogP) is 5.46. The molecule has 0 spiro atoms. The first kappa shape index (κ1) is 20.4. The SMILES string of the molecule is CCCc1nnc(SCc2ccc(Cl)cc2)n1/N=C\c1ccc(OCC)cc1. The van der Waals surface area contributed by atoms with E-state index in [0.717, 1.165) is 45.9 Å². The van der Waals surface area contributed by atoms with Crippen molar-refractivity contribution in [2.45, 2.75) is 37.6 Å². The summed E-state index contributed by atoms with van der Waals surface area (Å²) in [5.41, 5.74) is 2.17. The minimum absolute atomic E-state index is 0.655. The van der Waals surface area contributed by atoms with E-state index in [1.165, 1.54) is 5.56 Å². The standard InChI is InChI=1S/C21H23ClN4OS/c1-3-5-20-24-25-21(28-15-17-6-10-18(22)11-7-17)26(20)23-14-16-8-12-19(13-9-16)27-4-2/h6-14H,3-5,15H2,1-2H3/b23-14-. The van der Waals surface area contributed by atoms with E-state index >= 15 is 0 Å². The molecule has 0 radical (unpaired) electrons. The van der Waals surface area contributed by atoms with Crippen LogP contribution in [0.15, 0.2) is 58.8 Å². The van der Waals surface area contributed by atoms with Crippen molar-refractivity contribution in [3.8, 4) is 5.75 Å². The molecule has 0 saturated heterocycles. The lowest BCUT2D eigenvalue weighted by atomic mass is 10.2. The highest BCUT2D eigenvalue weighted by atomic mass is 35.5. The fraction of sp³-hybridized carbons (Fsp3) is 0.286. The number of aromatic nitrogens is 3. The topological polar surface area (TPSA) is 52.3 Å². The molecule has 1 aromatic heterocycles. The molecule has 0 aliphatic rings. The first-order chi connectivity index (χ1) is 13.7. The summed E-state index contributed by atoms with van der Waals surface area (Å²) in [5, 5.41) is 14.8. The summed E-state index contributed by atoms with van der Waals surface area (Å²) in [5.74, 6) is 2.50. The van der Waals surface area contributed by atoms with Crippen molar-refractivity contribution in [1.82, 2.24) is 14.9 Å². The van der Waals surface area contributed by atoms with Crippen LogP contribution in [-0.4, -0.2) is 27.7 Å². The maximum atomic E-state index is 5.96. The second-order valence-corrected chi connectivity index (χ2v) is 7.50. The summed E-state index contributed by atoms with van der Waals surface area (Å²) in [7, 11) is 0. The van der Waals surface area contributed by atoms with Gasteiger partial charge in [-0.2, -0.15) is 9.78 Å². The molecule has 3 aromatic rings. The molecule has 0 bridgehead atoms. The second kappa shape index (κ2) is 10.3. The number of hydrogen-bond acceptors (Lipinski definition) is 5. The second-order valence-electron chi connectivity index (χ2n) is 6.12. The molecule has 3 rings (SSSR count). The highest BCUT2D eigenvalue weighted by Crippen LogP contribution is 2.23. The summed E-state index contributed by atoms with van der Waals surface area (Å²) in [6.45, 7) is 4.75. The summed E-state index contributed by atoms with van der Waals surface area (Å²) in [6.07, 6.45) is 3.64. The zero-order valence-corrected chi connectivity index (χ0v) is 17.6. The van der Waals surface area contributed by atoms with Crippen molar-refractivity contribution < 1.29 is 4.74 Å². The van der Waals surface area contributed by atoms with Crippen LogP contribution in [0.2, 0.25) is 5.02 Å². The number of ether oxygens (including phenoxy) is 1. The molecule has 1 heterocycles. The maximum absolute atomic E-state index is 5.96. The van der Waals surface area contributed by atoms with Gasteiger partial charge in [-0.1, -0.05) is 42.4 Å². The third kappa shape index (κ3) is 5.59. The molecule has 146 valence electrons. The largest absolute Gasteiger partial charge is 0.494 e. The van der Waals surface area contributed by atoms with Gasteiger partial charge in [-0.15, -0.1) is 10.2 Å². The number of nitrogens with zero attached hydrogens (tertiary/aromatic N) is 4. The third-order valence-corrected chi connectivity index (χ3v) is 5.19. The van der Waals surface area contributed by atoms with Crippen LogP contribution in [0.1, 0.15) is 37.2 Å². The lowest BCUT2D eigenvalue weighted by Gasteiger charge is -2.05. The van der Waals surface area contributed by atoms with Gasteiger partial charge in [-0.25, -0.2) is 0 Å². The zero-order chi connectivity index (χ0) is 19.8. The molecule has 0 N–H and O–H groups in total. The average Bonchev–Trinajstić information content (AvgIpc) is 3.09. The molecule has 0 amide bonds. The Balaban J connectivity index is 1.75. The van der Waals surface area contributed by atoms with Gasteiger partial charge in [0, 0.05) is 17.2 Å². The molecule has 0 fully saturated rings. The van der Waals surface area contributed by atoms with Gasteiger partial charge < -0.3 is 4.74 Å². The van der Waals surface area contributed by atoms with Crippen LogP contribution in [-0.2, 0) is 12.2 Å². The number of benzene rings is 2. The molecule has 5 nitrogen and oxygen atoms in total. The molecule has 0 aliphatic heterocycles. The Labute approximate surface area is 174 Å². The molecule has 0 unspecified atom stereocenters. The quantitative estimate of drug-likeness (QED) is 0.344. The Morgan fingerprint density at radius 2 is 1.82 bits per heavy atom. The predicted molar refractivity (Wildman–Crippen MR) is 116 cm³/mol. The van der Waals surface area contributed by atoms with Gasteiger partial charge in [0.25, 0.3) is 0 Å². The Morgan fingerprint density at radius 1 is 1.07 bits per heavy atom. The molecule has 2 aromatic carbocycles. The van der Waals surface area contributed by atoms with Crippen LogP contribution in [0.25, 0.3) is 0 Å². The fourth-order valence-corrected chi connectivity index (χ4v) is 3.54. The van der Waals surface area contributed by atoms with Gasteiger partial charge in [0.05, 0.1) is 12.8 Å². The van der Waals surface area contributed by atoms with E-state index in [-0.39, 0.29) is 0 Å². The van der Waals surface area contributed by atoms with Gasteiger partial charge in [0.15, 0.2) is 5.82 Å². The first-order valence-corrected chi connectivity index (χ1v) is 10.6. The molecule has 28 heavy (non-hydrogen) atoms. The number of rotatable bonds is 9. The van der Waals surface area contributed by atoms with Crippen molar-refractivity contribution in [3.63, 3.8) is 0 Å². The van der Waals surface area contributed by atoms with Crippen LogP contribution in [0.5, 0.6) is 5.75 Å². The normalized spacial score (nSPS) is 11.2. The Bertz CT molecular complexity index is 907. The van der Waals surface area contributed by atoms with E-state index in [0.29, 0.717) is 6.61 Å². The van der Waals surface area contributed by atoms with Crippen molar-refractivity contribution in [2.24, 2.45) is 5.10 Å². The summed E-state index contributed by atoms with van der Waals surface area (Å²) in [6, 6.07) is 15.7. The summed E-state index contributed by atoms with van der Waals surface area (Å²) < 4.78 is 7.32.